The summed E-state index contributed by atoms with van der Waals surface area (Å²) in [5, 5.41) is 11.2. The third-order valence-electron chi connectivity index (χ3n) is 4.71. The molecule has 0 radical (unpaired) electrons. The number of carbonyl (C=O) groups excluding carboxylic acids is 1. The van der Waals surface area contributed by atoms with Crippen LogP contribution < -0.4 is 10.1 Å². The molecule has 0 bridgehead atoms. The molecule has 3 rings (SSSR count). The molecule has 1 amide bonds. The van der Waals surface area contributed by atoms with Gasteiger partial charge in [-0.1, -0.05) is 12.5 Å². The Morgan fingerprint density at radius 3 is 2.86 bits per heavy atom. The number of nitrogens with one attached hydrogen (secondary N) is 1. The number of hydrogen-bond acceptors (Lipinski definition) is 7. The van der Waals surface area contributed by atoms with E-state index in [9.17, 15) is 4.79 Å². The minimum Gasteiger partial charge on any atom is -0.495 e. The van der Waals surface area contributed by atoms with E-state index in [4.69, 9.17) is 9.15 Å². The van der Waals surface area contributed by atoms with Gasteiger partial charge in [-0.05, 0) is 44.2 Å². The van der Waals surface area contributed by atoms with Crippen LogP contribution in [-0.2, 0) is 0 Å². The predicted molar refractivity (Wildman–Crippen MR) is 104 cm³/mol. The Morgan fingerprint density at radius 2 is 2.21 bits per heavy atom. The van der Waals surface area contributed by atoms with Crippen LogP contribution in [0.2, 0.25) is 0 Å². The second-order valence-corrected chi connectivity index (χ2v) is 6.72. The SMILES string of the molecule is CCC(C)=CNC1=C(C)CN(C(=O)c2nnc(-c3ccc(OC)cn3)o2)CC1. The molecule has 0 aromatic carbocycles. The van der Waals surface area contributed by atoms with E-state index < -0.39 is 0 Å². The summed E-state index contributed by atoms with van der Waals surface area (Å²) in [7, 11) is 1.57. The average molecular weight is 383 g/mol. The van der Waals surface area contributed by atoms with E-state index in [0.29, 0.717) is 24.5 Å². The van der Waals surface area contributed by atoms with Crippen LogP contribution in [0.5, 0.6) is 5.75 Å². The number of carbonyl (C=O) groups is 1. The Morgan fingerprint density at radius 1 is 1.39 bits per heavy atom. The van der Waals surface area contributed by atoms with E-state index in [2.05, 4.69) is 34.3 Å². The van der Waals surface area contributed by atoms with Gasteiger partial charge in [-0.25, -0.2) is 4.98 Å². The topological polar surface area (TPSA) is 93.4 Å². The smallest absolute Gasteiger partial charge is 0.311 e. The van der Waals surface area contributed by atoms with Crippen LogP contribution in [-0.4, -0.2) is 46.2 Å². The molecule has 0 spiro atoms. The van der Waals surface area contributed by atoms with Gasteiger partial charge in [0.2, 0.25) is 0 Å². The number of methoxy groups -OCH3 is 1. The van der Waals surface area contributed by atoms with Gasteiger partial charge in [0.15, 0.2) is 0 Å². The van der Waals surface area contributed by atoms with Crippen LogP contribution in [0.25, 0.3) is 11.6 Å². The summed E-state index contributed by atoms with van der Waals surface area (Å²) in [6.07, 6.45) is 5.35. The van der Waals surface area contributed by atoms with Crippen LogP contribution in [0.1, 0.15) is 44.3 Å². The Labute approximate surface area is 164 Å². The number of hydrogen-bond donors (Lipinski definition) is 1. The average Bonchev–Trinajstić information content (AvgIpc) is 3.22. The number of rotatable bonds is 6. The fourth-order valence-corrected chi connectivity index (χ4v) is 2.78. The van der Waals surface area contributed by atoms with Crippen molar-refractivity contribution in [3.05, 3.63) is 47.3 Å². The molecule has 0 aliphatic carbocycles. The van der Waals surface area contributed by atoms with Crippen molar-refractivity contribution in [2.45, 2.75) is 33.6 Å². The van der Waals surface area contributed by atoms with Gasteiger partial charge in [-0.15, -0.1) is 10.2 Å². The first-order valence-corrected chi connectivity index (χ1v) is 9.25. The van der Waals surface area contributed by atoms with Crippen LogP contribution in [0.15, 0.2) is 45.8 Å². The molecule has 3 heterocycles. The van der Waals surface area contributed by atoms with Gasteiger partial charge in [-0.2, -0.15) is 0 Å². The largest absolute Gasteiger partial charge is 0.495 e. The lowest BCUT2D eigenvalue weighted by atomic mass is 10.1. The second-order valence-electron chi connectivity index (χ2n) is 6.72. The van der Waals surface area contributed by atoms with Crippen molar-refractivity contribution in [2.75, 3.05) is 20.2 Å². The third kappa shape index (κ3) is 4.39. The van der Waals surface area contributed by atoms with E-state index in [1.807, 2.05) is 13.1 Å². The number of ether oxygens (including phenoxy) is 1. The van der Waals surface area contributed by atoms with Gasteiger partial charge in [0.05, 0.1) is 13.3 Å². The van der Waals surface area contributed by atoms with Crippen LogP contribution in [0.3, 0.4) is 0 Å². The summed E-state index contributed by atoms with van der Waals surface area (Å²) in [6.45, 7) is 7.36. The highest BCUT2D eigenvalue weighted by Gasteiger charge is 2.26. The highest BCUT2D eigenvalue weighted by molar-refractivity contribution is 5.90. The Hall–Kier alpha value is -3.16. The molecule has 1 aliphatic heterocycles. The van der Waals surface area contributed by atoms with E-state index in [1.54, 1.807) is 30.3 Å². The van der Waals surface area contributed by atoms with Gasteiger partial charge < -0.3 is 19.4 Å². The standard InChI is InChI=1S/C20H25N5O3/c1-5-13(2)10-21-16-8-9-25(12-14(16)3)20(26)19-24-23-18(28-19)17-7-6-15(27-4)11-22-17/h6-7,10-11,21H,5,8-9,12H2,1-4H3. The fraction of sp³-hybridized carbons (Fsp3) is 0.400. The highest BCUT2D eigenvalue weighted by Crippen LogP contribution is 2.21. The molecular weight excluding hydrogens is 358 g/mol. The number of aromatic nitrogens is 3. The molecule has 8 heteroatoms. The zero-order valence-corrected chi connectivity index (χ0v) is 16.7. The monoisotopic (exact) mass is 383 g/mol. The van der Waals surface area contributed by atoms with E-state index in [1.165, 1.54) is 5.57 Å². The summed E-state index contributed by atoms with van der Waals surface area (Å²) in [5.41, 5.74) is 4.05. The lowest BCUT2D eigenvalue weighted by Gasteiger charge is -2.28. The normalized spacial score (nSPS) is 15.0. The van der Waals surface area contributed by atoms with Crippen molar-refractivity contribution in [1.82, 2.24) is 25.4 Å². The summed E-state index contributed by atoms with van der Waals surface area (Å²) >= 11 is 0. The Kier molecular flexibility index (Phi) is 6.08. The molecule has 0 atom stereocenters. The lowest BCUT2D eigenvalue weighted by molar-refractivity contribution is 0.0723. The van der Waals surface area contributed by atoms with Crippen molar-refractivity contribution in [3.63, 3.8) is 0 Å². The first-order chi connectivity index (χ1) is 13.5. The molecule has 2 aromatic heterocycles. The molecular formula is C20H25N5O3. The maximum absolute atomic E-state index is 12.7. The summed E-state index contributed by atoms with van der Waals surface area (Å²) < 4.78 is 10.6. The zero-order chi connectivity index (χ0) is 20.1. The first-order valence-electron chi connectivity index (χ1n) is 9.25. The molecule has 1 aliphatic rings. The molecule has 0 saturated carbocycles. The Bertz CT molecular complexity index is 899. The van der Waals surface area contributed by atoms with Crippen molar-refractivity contribution >= 4 is 5.91 Å². The maximum atomic E-state index is 12.7. The molecule has 8 nitrogen and oxygen atoms in total. The van der Waals surface area contributed by atoms with Crippen LogP contribution in [0, 0.1) is 0 Å². The van der Waals surface area contributed by atoms with Gasteiger partial charge in [0.25, 0.3) is 5.89 Å². The first kappa shape index (κ1) is 19.6. The summed E-state index contributed by atoms with van der Waals surface area (Å²) in [6, 6.07) is 3.45. The molecule has 0 saturated heterocycles. The highest BCUT2D eigenvalue weighted by atomic mass is 16.5. The number of allylic oxidation sites excluding steroid dienone is 1. The third-order valence-corrected chi connectivity index (χ3v) is 4.71. The maximum Gasteiger partial charge on any atom is 0.311 e. The van der Waals surface area contributed by atoms with Crippen LogP contribution in [0.4, 0.5) is 0 Å². The molecule has 0 unspecified atom stereocenters. The minimum absolute atomic E-state index is 0.0291. The number of nitrogens with zero attached hydrogens (tertiary/aromatic N) is 4. The quantitative estimate of drug-likeness (QED) is 0.819. The fourth-order valence-electron chi connectivity index (χ4n) is 2.78. The Balaban J connectivity index is 1.68. The molecule has 0 fully saturated rings. The molecule has 148 valence electrons. The summed E-state index contributed by atoms with van der Waals surface area (Å²) in [4.78, 5) is 18.7. The molecule has 2 aromatic rings. The second kappa shape index (κ2) is 8.69. The van der Waals surface area contributed by atoms with Gasteiger partial charge in [0, 0.05) is 25.2 Å². The molecule has 1 N–H and O–H groups in total. The summed E-state index contributed by atoms with van der Waals surface area (Å²) in [5.74, 6) is 0.533. The van der Waals surface area contributed by atoms with Gasteiger partial charge >= 0.3 is 11.8 Å². The van der Waals surface area contributed by atoms with E-state index in [-0.39, 0.29) is 17.7 Å². The van der Waals surface area contributed by atoms with Crippen molar-refractivity contribution < 1.29 is 13.9 Å². The van der Waals surface area contributed by atoms with Crippen molar-refractivity contribution in [1.29, 1.82) is 0 Å². The number of amides is 1. The number of pyridine rings is 1. The van der Waals surface area contributed by atoms with Crippen molar-refractivity contribution in [3.8, 4) is 17.3 Å². The zero-order valence-electron chi connectivity index (χ0n) is 16.7. The van der Waals surface area contributed by atoms with E-state index in [0.717, 1.165) is 24.1 Å². The van der Waals surface area contributed by atoms with E-state index >= 15 is 0 Å². The molecule has 28 heavy (non-hydrogen) atoms. The van der Waals surface area contributed by atoms with Crippen LogP contribution >= 0.6 is 0 Å². The van der Waals surface area contributed by atoms with Gasteiger partial charge in [0.1, 0.15) is 11.4 Å². The minimum atomic E-state index is -0.272. The predicted octanol–water partition coefficient (Wildman–Crippen LogP) is 3.16. The lowest BCUT2D eigenvalue weighted by Crippen LogP contribution is -2.38. The van der Waals surface area contributed by atoms with Crippen molar-refractivity contribution in [2.24, 2.45) is 0 Å². The van der Waals surface area contributed by atoms with Gasteiger partial charge in [-0.3, -0.25) is 4.79 Å².